The maximum atomic E-state index is 15.1. The number of aromatic nitrogens is 3. The van der Waals surface area contributed by atoms with Gasteiger partial charge in [-0.1, -0.05) is 0 Å². The Bertz CT molecular complexity index is 1290. The molecule has 3 saturated heterocycles. The van der Waals surface area contributed by atoms with Crippen molar-refractivity contribution in [3.8, 4) is 11.3 Å². The molecule has 1 amide bonds. The van der Waals surface area contributed by atoms with Crippen molar-refractivity contribution in [1.82, 2.24) is 24.8 Å². The molecule has 37 heavy (non-hydrogen) atoms. The smallest absolute Gasteiger partial charge is 0.227 e. The van der Waals surface area contributed by atoms with Gasteiger partial charge in [-0.25, -0.2) is 19.3 Å². The molecule has 0 spiro atoms. The van der Waals surface area contributed by atoms with Crippen molar-refractivity contribution in [2.75, 3.05) is 61.4 Å². The predicted molar refractivity (Wildman–Crippen MR) is 142 cm³/mol. The van der Waals surface area contributed by atoms with E-state index in [-0.39, 0.29) is 11.7 Å². The van der Waals surface area contributed by atoms with Crippen LogP contribution in [0, 0.1) is 5.82 Å². The maximum Gasteiger partial charge on any atom is 0.227 e. The molecule has 3 aromatic rings. The van der Waals surface area contributed by atoms with Crippen LogP contribution in [0.15, 0.2) is 48.8 Å². The van der Waals surface area contributed by atoms with Gasteiger partial charge in [0.1, 0.15) is 11.6 Å². The van der Waals surface area contributed by atoms with Crippen LogP contribution < -0.4 is 15.1 Å². The number of likely N-dealkylation sites (tertiary alicyclic amines) is 1. The Balaban J connectivity index is 1.12. The Morgan fingerprint density at radius 3 is 2.51 bits per heavy atom. The van der Waals surface area contributed by atoms with Gasteiger partial charge in [-0.3, -0.25) is 9.69 Å². The summed E-state index contributed by atoms with van der Waals surface area (Å²) < 4.78 is 15.1. The molecule has 1 N–H and O–H groups in total. The highest BCUT2D eigenvalue weighted by molar-refractivity contribution is 5.73. The van der Waals surface area contributed by atoms with Gasteiger partial charge in [0.25, 0.3) is 0 Å². The number of piperazine rings is 2. The fourth-order valence-corrected chi connectivity index (χ4v) is 5.66. The van der Waals surface area contributed by atoms with Gasteiger partial charge in [0.15, 0.2) is 0 Å². The standard InChI is InChI=1S/C27H31FN8O/c1-18(37)34-9-11-35(12-10-34)26-6-3-19(15-30-26)24-7-8-29-27(32-24)31-20-4-5-25(23(28)13-20)36-17-21-14-22(36)16-33(21)2/h3-8,13,15,21-22H,9-12,14,16-17H2,1-2H3,(H,29,31,32). The summed E-state index contributed by atoms with van der Waals surface area (Å²) in [5.74, 6) is 1.16. The van der Waals surface area contributed by atoms with Gasteiger partial charge in [-0.2, -0.15) is 0 Å². The van der Waals surface area contributed by atoms with Crippen LogP contribution in [0.4, 0.5) is 27.5 Å². The number of benzene rings is 1. The van der Waals surface area contributed by atoms with Crippen molar-refractivity contribution in [2.45, 2.75) is 25.4 Å². The summed E-state index contributed by atoms with van der Waals surface area (Å²) in [5.41, 5.74) is 2.87. The van der Waals surface area contributed by atoms with Gasteiger partial charge in [0.2, 0.25) is 11.9 Å². The largest absolute Gasteiger partial charge is 0.363 e. The van der Waals surface area contributed by atoms with Crippen molar-refractivity contribution < 1.29 is 9.18 Å². The second-order valence-electron chi connectivity index (χ2n) is 10.1. The number of hydrogen-bond donors (Lipinski definition) is 1. The molecule has 3 aliphatic heterocycles. The first-order chi connectivity index (χ1) is 17.9. The van der Waals surface area contributed by atoms with Crippen LogP contribution in [-0.4, -0.2) is 89.1 Å². The number of carbonyl (C=O) groups excluding carboxylic acids is 1. The Morgan fingerprint density at radius 2 is 1.86 bits per heavy atom. The number of halogens is 1. The fraction of sp³-hybridized carbons (Fsp3) is 0.407. The van der Waals surface area contributed by atoms with E-state index in [0.29, 0.717) is 42.5 Å². The van der Waals surface area contributed by atoms with Crippen molar-refractivity contribution >= 4 is 29.0 Å². The van der Waals surface area contributed by atoms with E-state index < -0.39 is 0 Å². The highest BCUT2D eigenvalue weighted by Gasteiger charge is 2.42. The monoisotopic (exact) mass is 502 g/mol. The summed E-state index contributed by atoms with van der Waals surface area (Å²) in [6.07, 6.45) is 4.58. The van der Waals surface area contributed by atoms with Crippen LogP contribution in [-0.2, 0) is 4.79 Å². The molecule has 3 aliphatic rings. The summed E-state index contributed by atoms with van der Waals surface area (Å²) in [7, 11) is 2.14. The van der Waals surface area contributed by atoms with Gasteiger partial charge in [0.05, 0.1) is 11.4 Å². The second kappa shape index (κ2) is 9.59. The highest BCUT2D eigenvalue weighted by Crippen LogP contribution is 2.36. The van der Waals surface area contributed by atoms with Crippen LogP contribution in [0.3, 0.4) is 0 Å². The van der Waals surface area contributed by atoms with Gasteiger partial charge >= 0.3 is 0 Å². The molecule has 3 fully saturated rings. The van der Waals surface area contributed by atoms with Gasteiger partial charge < -0.3 is 20.0 Å². The molecule has 1 aromatic carbocycles. The molecule has 2 aromatic heterocycles. The molecule has 9 nitrogen and oxygen atoms in total. The molecule has 2 unspecified atom stereocenters. The number of pyridine rings is 1. The minimum Gasteiger partial charge on any atom is -0.363 e. The lowest BCUT2D eigenvalue weighted by Crippen LogP contribution is -2.48. The Kier molecular flexibility index (Phi) is 6.11. The highest BCUT2D eigenvalue weighted by atomic mass is 19.1. The first-order valence-corrected chi connectivity index (χ1v) is 12.8. The molecular formula is C27H31FN8O. The normalized spacial score (nSPS) is 21.5. The first kappa shape index (κ1) is 23.6. The number of hydrogen-bond acceptors (Lipinski definition) is 8. The van der Waals surface area contributed by atoms with Gasteiger partial charge in [-0.15, -0.1) is 0 Å². The molecule has 0 saturated carbocycles. The number of likely N-dealkylation sites (N-methyl/N-ethyl adjacent to an activating group) is 1. The zero-order valence-electron chi connectivity index (χ0n) is 21.1. The van der Waals surface area contributed by atoms with Crippen LogP contribution >= 0.6 is 0 Å². The number of anilines is 4. The molecule has 0 radical (unpaired) electrons. The van der Waals surface area contributed by atoms with E-state index in [9.17, 15) is 4.79 Å². The summed E-state index contributed by atoms with van der Waals surface area (Å²) in [5, 5.41) is 3.14. The Morgan fingerprint density at radius 1 is 1.03 bits per heavy atom. The third-order valence-corrected chi connectivity index (χ3v) is 7.78. The van der Waals surface area contributed by atoms with E-state index in [1.54, 1.807) is 19.3 Å². The summed E-state index contributed by atoms with van der Waals surface area (Å²) >= 11 is 0. The number of nitrogens with zero attached hydrogens (tertiary/aromatic N) is 7. The van der Waals surface area contributed by atoms with Crippen LogP contribution in [0.1, 0.15) is 13.3 Å². The number of nitrogens with one attached hydrogen (secondary N) is 1. The van der Waals surface area contributed by atoms with E-state index in [1.165, 1.54) is 6.07 Å². The van der Waals surface area contributed by atoms with Gasteiger partial charge in [0, 0.05) is 81.9 Å². The maximum absolute atomic E-state index is 15.1. The van der Waals surface area contributed by atoms with E-state index in [0.717, 1.165) is 49.7 Å². The molecule has 6 rings (SSSR count). The van der Waals surface area contributed by atoms with Gasteiger partial charge in [-0.05, 0) is 49.9 Å². The lowest BCUT2D eigenvalue weighted by atomic mass is 10.2. The molecule has 5 heterocycles. The minimum atomic E-state index is -0.236. The minimum absolute atomic E-state index is 0.112. The topological polar surface area (TPSA) is 80.7 Å². The van der Waals surface area contributed by atoms with Crippen molar-refractivity contribution in [1.29, 1.82) is 0 Å². The third kappa shape index (κ3) is 4.69. The quantitative estimate of drug-likeness (QED) is 0.571. The molecule has 10 heteroatoms. The first-order valence-electron chi connectivity index (χ1n) is 12.8. The summed E-state index contributed by atoms with van der Waals surface area (Å²) in [6.45, 7) is 6.40. The molecule has 2 atom stereocenters. The Labute approximate surface area is 215 Å². The summed E-state index contributed by atoms with van der Waals surface area (Å²) in [6, 6.07) is 11.9. The Hall–Kier alpha value is -3.79. The number of fused-ring (bicyclic) bond motifs is 2. The third-order valence-electron chi connectivity index (χ3n) is 7.78. The van der Waals surface area contributed by atoms with Crippen molar-refractivity contribution in [3.63, 3.8) is 0 Å². The fourth-order valence-electron chi connectivity index (χ4n) is 5.66. The van der Waals surface area contributed by atoms with Crippen molar-refractivity contribution in [3.05, 3.63) is 54.6 Å². The number of amides is 1. The number of rotatable bonds is 5. The van der Waals surface area contributed by atoms with Crippen LogP contribution in [0.25, 0.3) is 11.3 Å². The lowest BCUT2D eigenvalue weighted by Gasteiger charge is -2.34. The zero-order valence-corrected chi connectivity index (χ0v) is 21.1. The van der Waals surface area contributed by atoms with E-state index in [1.807, 2.05) is 35.2 Å². The van der Waals surface area contributed by atoms with Crippen LogP contribution in [0.5, 0.6) is 0 Å². The van der Waals surface area contributed by atoms with E-state index >= 15 is 4.39 Å². The second-order valence-corrected chi connectivity index (χ2v) is 10.1. The zero-order chi connectivity index (χ0) is 25.5. The number of carbonyl (C=O) groups is 1. The van der Waals surface area contributed by atoms with E-state index in [2.05, 4.69) is 42.0 Å². The molecular weight excluding hydrogens is 471 g/mol. The van der Waals surface area contributed by atoms with Crippen LogP contribution in [0.2, 0.25) is 0 Å². The van der Waals surface area contributed by atoms with Crippen molar-refractivity contribution in [2.24, 2.45) is 0 Å². The molecule has 0 aliphatic carbocycles. The summed E-state index contributed by atoms with van der Waals surface area (Å²) in [4.78, 5) is 33.7. The molecule has 192 valence electrons. The van der Waals surface area contributed by atoms with E-state index in [4.69, 9.17) is 0 Å². The lowest BCUT2D eigenvalue weighted by molar-refractivity contribution is -0.129. The SMILES string of the molecule is CC(=O)N1CCN(c2ccc(-c3ccnc(Nc4ccc(N5CC6CC5CN6C)c(F)c4)n3)cn2)CC1. The predicted octanol–water partition coefficient (Wildman–Crippen LogP) is 2.98. The average molecular weight is 503 g/mol. The molecule has 2 bridgehead atoms. The average Bonchev–Trinajstić information content (AvgIpc) is 3.49.